The number of carbonyl (C=O) groups excluding carboxylic acids is 3. The van der Waals surface area contributed by atoms with Crippen LogP contribution >= 0.6 is 7.82 Å². The number of hydrogen-bond donors (Lipinski definition) is 2. The molecular weight excluding hydrogens is 371 g/mol. The molecule has 0 amide bonds. The quantitative estimate of drug-likeness (QED) is 0.256. The molecule has 146 valence electrons. The molecule has 0 aromatic heterocycles. The molecule has 0 bridgehead atoms. The van der Waals surface area contributed by atoms with Crippen molar-refractivity contribution < 1.29 is 47.5 Å². The molecule has 0 aliphatic heterocycles. The van der Waals surface area contributed by atoms with Crippen LogP contribution in [0.5, 0.6) is 0 Å². The Balaban J connectivity index is 6.17. The van der Waals surface area contributed by atoms with Gasteiger partial charge in [0.25, 0.3) is 0 Å². The van der Waals surface area contributed by atoms with Crippen LogP contribution in [0.3, 0.4) is 0 Å². The van der Waals surface area contributed by atoms with Crippen molar-refractivity contribution in [2.45, 2.75) is 39.8 Å². The SMILES string of the molecule is C=C(C)C(=O)OC(C)C(OC(=O)C(=C)C)(OC(=O)C(=C)C)OP(=O)(O)O. The predicted octanol–water partition coefficient (Wildman–Crippen LogP) is 1.50. The van der Waals surface area contributed by atoms with Crippen molar-refractivity contribution >= 4 is 25.7 Å². The van der Waals surface area contributed by atoms with Crippen LogP contribution in [0.2, 0.25) is 0 Å². The molecule has 0 spiro atoms. The smallest absolute Gasteiger partial charge is 0.448 e. The Hall–Kier alpha value is -2.26. The van der Waals surface area contributed by atoms with Crippen molar-refractivity contribution in [2.24, 2.45) is 0 Å². The topological polar surface area (TPSA) is 146 Å². The van der Waals surface area contributed by atoms with Gasteiger partial charge in [0.1, 0.15) is 0 Å². The molecule has 0 aromatic carbocycles. The summed E-state index contributed by atoms with van der Waals surface area (Å²) in [6.07, 6.45) is -1.80. The van der Waals surface area contributed by atoms with E-state index in [4.69, 9.17) is 24.0 Å². The Morgan fingerprint density at radius 2 is 1.23 bits per heavy atom. The van der Waals surface area contributed by atoms with Crippen molar-refractivity contribution in [1.82, 2.24) is 0 Å². The van der Waals surface area contributed by atoms with Gasteiger partial charge in [-0.3, -0.25) is 0 Å². The van der Waals surface area contributed by atoms with Crippen LogP contribution in [0.1, 0.15) is 27.7 Å². The van der Waals surface area contributed by atoms with Crippen LogP contribution in [-0.2, 0) is 37.7 Å². The van der Waals surface area contributed by atoms with E-state index in [0.717, 1.165) is 6.92 Å². The van der Waals surface area contributed by atoms with E-state index in [2.05, 4.69) is 24.3 Å². The fourth-order valence-electron chi connectivity index (χ4n) is 1.23. The fourth-order valence-corrected chi connectivity index (χ4v) is 1.78. The Bertz CT molecular complexity index is 659. The van der Waals surface area contributed by atoms with Gasteiger partial charge in [0.15, 0.2) is 0 Å². The maximum Gasteiger partial charge on any atom is 0.475 e. The first kappa shape index (κ1) is 23.7. The van der Waals surface area contributed by atoms with Gasteiger partial charge in [-0.25, -0.2) is 23.5 Å². The summed E-state index contributed by atoms with van der Waals surface area (Å²) in [6, 6.07) is 0. The lowest BCUT2D eigenvalue weighted by Gasteiger charge is -2.35. The first-order chi connectivity index (χ1) is 11.6. The monoisotopic (exact) mass is 392 g/mol. The summed E-state index contributed by atoms with van der Waals surface area (Å²) in [7, 11) is -5.41. The van der Waals surface area contributed by atoms with Gasteiger partial charge >= 0.3 is 31.7 Å². The van der Waals surface area contributed by atoms with Gasteiger partial charge < -0.3 is 24.0 Å². The molecule has 0 rings (SSSR count). The summed E-state index contributed by atoms with van der Waals surface area (Å²) < 4.78 is 30.2. The zero-order valence-electron chi connectivity index (χ0n) is 14.8. The molecule has 0 saturated heterocycles. The second kappa shape index (κ2) is 8.91. The lowest BCUT2D eigenvalue weighted by molar-refractivity contribution is -0.345. The second-order valence-corrected chi connectivity index (χ2v) is 6.52. The molecule has 1 atom stereocenters. The Kier molecular flexibility index (Phi) is 8.13. The third-order valence-corrected chi connectivity index (χ3v) is 3.04. The van der Waals surface area contributed by atoms with Gasteiger partial charge in [-0.05, 0) is 27.7 Å². The first-order valence-corrected chi connectivity index (χ1v) is 8.54. The zero-order valence-corrected chi connectivity index (χ0v) is 15.7. The third kappa shape index (κ3) is 7.32. The highest BCUT2D eigenvalue weighted by atomic mass is 31.2. The first-order valence-electron chi connectivity index (χ1n) is 7.01. The van der Waals surface area contributed by atoms with Gasteiger partial charge in [-0.15, -0.1) is 0 Å². The van der Waals surface area contributed by atoms with Crippen LogP contribution in [0.25, 0.3) is 0 Å². The number of rotatable bonds is 9. The maximum absolute atomic E-state index is 11.9. The van der Waals surface area contributed by atoms with E-state index in [-0.39, 0.29) is 16.7 Å². The highest BCUT2D eigenvalue weighted by Crippen LogP contribution is 2.45. The lowest BCUT2D eigenvalue weighted by atomic mass is 10.3. The van der Waals surface area contributed by atoms with Crippen molar-refractivity contribution in [2.75, 3.05) is 0 Å². The third-order valence-electron chi connectivity index (χ3n) is 2.54. The molecule has 0 radical (unpaired) electrons. The van der Waals surface area contributed by atoms with E-state index in [9.17, 15) is 18.9 Å². The summed E-state index contributed by atoms with van der Waals surface area (Å²) in [5.74, 6) is -6.58. The lowest BCUT2D eigenvalue weighted by Crippen LogP contribution is -2.52. The molecule has 11 heteroatoms. The van der Waals surface area contributed by atoms with Gasteiger partial charge in [0.05, 0.1) is 0 Å². The Morgan fingerprint density at radius 3 is 1.50 bits per heavy atom. The minimum Gasteiger partial charge on any atom is -0.448 e. The molecule has 0 aliphatic rings. The summed E-state index contributed by atoms with van der Waals surface area (Å²) in [5, 5.41) is 0. The average molecular weight is 392 g/mol. The minimum atomic E-state index is -5.41. The van der Waals surface area contributed by atoms with E-state index < -0.39 is 37.8 Å². The standard InChI is InChI=1S/C15H21O10P/c1-8(2)12(16)22-11(7)15(25-26(19,20)21,23-13(17)9(3)4)24-14(18)10(5)6/h11H,1,3,5H2,2,4,6-7H3,(H2,19,20,21). The number of carbonyl (C=O) groups is 3. The Labute approximate surface area is 150 Å². The number of esters is 3. The highest BCUT2D eigenvalue weighted by molar-refractivity contribution is 7.46. The van der Waals surface area contributed by atoms with Crippen molar-refractivity contribution in [3.05, 3.63) is 36.5 Å². The van der Waals surface area contributed by atoms with Crippen molar-refractivity contribution in [3.63, 3.8) is 0 Å². The Morgan fingerprint density at radius 1 is 0.885 bits per heavy atom. The molecule has 2 N–H and O–H groups in total. The van der Waals surface area contributed by atoms with E-state index in [0.29, 0.717) is 0 Å². The molecule has 0 aliphatic carbocycles. The van der Waals surface area contributed by atoms with Crippen molar-refractivity contribution in [3.8, 4) is 0 Å². The molecule has 10 nitrogen and oxygen atoms in total. The fraction of sp³-hybridized carbons (Fsp3) is 0.400. The summed E-state index contributed by atoms with van der Waals surface area (Å²) in [6.45, 7) is 14.7. The average Bonchev–Trinajstić information content (AvgIpc) is 2.44. The van der Waals surface area contributed by atoms with E-state index >= 15 is 0 Å². The van der Waals surface area contributed by atoms with E-state index in [1.54, 1.807) is 0 Å². The summed E-state index contributed by atoms with van der Waals surface area (Å²) >= 11 is 0. The minimum absolute atomic E-state index is 0.0839. The summed E-state index contributed by atoms with van der Waals surface area (Å²) in [5.41, 5.74) is -0.513. The van der Waals surface area contributed by atoms with Crippen LogP contribution in [-0.4, -0.2) is 39.8 Å². The van der Waals surface area contributed by atoms with Crippen LogP contribution in [0, 0.1) is 0 Å². The second-order valence-electron chi connectivity index (χ2n) is 5.35. The molecule has 0 saturated carbocycles. The van der Waals surface area contributed by atoms with Gasteiger partial charge in [-0.1, -0.05) is 19.7 Å². The number of phosphoric acid groups is 1. The predicted molar refractivity (Wildman–Crippen MR) is 88.0 cm³/mol. The van der Waals surface area contributed by atoms with Gasteiger partial charge in [0, 0.05) is 16.7 Å². The van der Waals surface area contributed by atoms with Gasteiger partial charge in [-0.2, -0.15) is 0 Å². The molecule has 26 heavy (non-hydrogen) atoms. The molecular formula is C15H21O10P. The largest absolute Gasteiger partial charge is 0.475 e. The highest BCUT2D eigenvalue weighted by Gasteiger charge is 2.53. The van der Waals surface area contributed by atoms with Gasteiger partial charge in [0.2, 0.25) is 6.10 Å². The normalized spacial score (nSPS) is 12.5. The zero-order chi connectivity index (χ0) is 20.9. The molecule has 1 unspecified atom stereocenters. The maximum atomic E-state index is 11.9. The van der Waals surface area contributed by atoms with Crippen LogP contribution in [0.15, 0.2) is 36.5 Å². The van der Waals surface area contributed by atoms with E-state index in [1.165, 1.54) is 20.8 Å². The number of ether oxygens (including phenoxy) is 3. The van der Waals surface area contributed by atoms with E-state index in [1.807, 2.05) is 0 Å². The number of phosphoric ester groups is 1. The van der Waals surface area contributed by atoms with Crippen LogP contribution in [0.4, 0.5) is 0 Å². The summed E-state index contributed by atoms with van der Waals surface area (Å²) in [4.78, 5) is 53.8. The number of hydrogen-bond acceptors (Lipinski definition) is 8. The molecule has 0 heterocycles. The van der Waals surface area contributed by atoms with Crippen molar-refractivity contribution in [1.29, 1.82) is 0 Å². The van der Waals surface area contributed by atoms with Crippen LogP contribution < -0.4 is 0 Å². The molecule has 0 aromatic rings. The molecule has 0 fully saturated rings.